The van der Waals surface area contributed by atoms with Crippen LogP contribution in [-0.2, 0) is 6.42 Å². The van der Waals surface area contributed by atoms with E-state index in [4.69, 9.17) is 4.98 Å². The average Bonchev–Trinajstić information content (AvgIpc) is 3.59. The van der Waals surface area contributed by atoms with E-state index in [0.717, 1.165) is 26.4 Å². The number of aromatic nitrogens is 1. The second-order valence-corrected chi connectivity index (χ2v) is 12.5. The molecule has 0 unspecified atom stereocenters. The van der Waals surface area contributed by atoms with Crippen LogP contribution in [0.25, 0.3) is 32.1 Å². The largest absolute Gasteiger partial charge is 0.293 e. The van der Waals surface area contributed by atoms with Crippen molar-refractivity contribution in [1.82, 2.24) is 4.98 Å². The normalized spacial score (nSPS) is 13.6. The number of rotatable bonds is 5. The third-order valence-electron chi connectivity index (χ3n) is 7.82. The lowest BCUT2D eigenvalue weighted by atomic mass is 9.94. The second kappa shape index (κ2) is 9.23. The van der Waals surface area contributed by atoms with E-state index in [2.05, 4.69) is 24.3 Å². The summed E-state index contributed by atoms with van der Waals surface area (Å²) in [6.45, 7) is 0. The van der Waals surface area contributed by atoms with E-state index in [1.54, 1.807) is 18.2 Å². The highest BCUT2D eigenvalue weighted by molar-refractivity contribution is 8.01. The summed E-state index contributed by atoms with van der Waals surface area (Å²) in [4.78, 5) is 45.9. The number of thiazole rings is 1. The number of anilines is 1. The third kappa shape index (κ3) is 3.84. The highest BCUT2D eigenvalue weighted by Gasteiger charge is 2.34. The molecule has 41 heavy (non-hydrogen) atoms. The lowest BCUT2D eigenvalue weighted by Gasteiger charge is -2.27. The van der Waals surface area contributed by atoms with Crippen molar-refractivity contribution in [3.63, 3.8) is 0 Å². The third-order valence-corrected chi connectivity index (χ3v) is 9.99. The smallest absolute Gasteiger partial charge is 0.265 e. The quantitative estimate of drug-likeness (QED) is 0.120. The Kier molecular flexibility index (Phi) is 5.45. The fourth-order valence-electron chi connectivity index (χ4n) is 5.89. The molecule has 0 saturated heterocycles. The minimum Gasteiger partial charge on any atom is -0.293 e. The van der Waals surface area contributed by atoms with E-state index in [-0.39, 0.29) is 23.4 Å². The van der Waals surface area contributed by atoms with Crippen molar-refractivity contribution in [3.05, 3.63) is 125 Å². The molecule has 0 atom stereocenters. The van der Waals surface area contributed by atoms with Crippen molar-refractivity contribution in [3.8, 4) is 11.1 Å². The minimum absolute atomic E-state index is 0.0612. The Labute approximate surface area is 243 Å². The van der Waals surface area contributed by atoms with Crippen molar-refractivity contribution in [1.29, 1.82) is 0 Å². The molecule has 0 spiro atoms. The van der Waals surface area contributed by atoms with Crippen molar-refractivity contribution < 1.29 is 14.4 Å². The van der Waals surface area contributed by atoms with Gasteiger partial charge in [0.1, 0.15) is 0 Å². The van der Waals surface area contributed by atoms with Crippen LogP contribution in [-0.4, -0.2) is 28.3 Å². The van der Waals surface area contributed by atoms with Gasteiger partial charge >= 0.3 is 0 Å². The summed E-state index contributed by atoms with van der Waals surface area (Å²) >= 11 is 2.87. The van der Waals surface area contributed by atoms with E-state index >= 15 is 0 Å². The van der Waals surface area contributed by atoms with E-state index < -0.39 is 0 Å². The number of thioether (sulfide) groups is 1. The number of fused-ring (bicyclic) bond motifs is 4. The maximum absolute atomic E-state index is 13.5. The van der Waals surface area contributed by atoms with Gasteiger partial charge in [-0.1, -0.05) is 72.4 Å². The second-order valence-electron chi connectivity index (χ2n) is 10.2. The number of amides is 2. The molecule has 0 radical (unpaired) electrons. The molecule has 2 amide bonds. The topological polar surface area (TPSA) is 67.3 Å². The number of hydrogen-bond acceptors (Lipinski definition) is 6. The lowest BCUT2D eigenvalue weighted by Crippen LogP contribution is -2.40. The average molecular weight is 569 g/mol. The number of imide groups is 1. The summed E-state index contributed by atoms with van der Waals surface area (Å²) in [7, 11) is 0. The van der Waals surface area contributed by atoms with Gasteiger partial charge in [0.05, 0.1) is 21.7 Å². The Morgan fingerprint density at radius 1 is 0.780 bits per heavy atom. The first-order chi connectivity index (χ1) is 20.0. The van der Waals surface area contributed by atoms with Crippen LogP contribution < -0.4 is 4.90 Å². The number of carbonyl (C=O) groups is 3. The first-order valence-electron chi connectivity index (χ1n) is 13.2. The van der Waals surface area contributed by atoms with Crippen LogP contribution in [0.5, 0.6) is 0 Å². The molecular formula is C34H20N2O3S2. The maximum Gasteiger partial charge on any atom is 0.265 e. The van der Waals surface area contributed by atoms with Crippen molar-refractivity contribution >= 4 is 67.4 Å². The predicted molar refractivity (Wildman–Crippen MR) is 164 cm³/mol. The highest BCUT2D eigenvalue weighted by atomic mass is 32.2. The van der Waals surface area contributed by atoms with Crippen molar-refractivity contribution in [2.24, 2.45) is 0 Å². The van der Waals surface area contributed by atoms with E-state index in [1.165, 1.54) is 50.3 Å². The standard InChI is InChI=1S/C34H20N2O3S2/c37-29(21-11-13-25-22(16-21)15-20-5-1-2-8-24(20)25)18-40-34-35-28-14-12-23(17-30(28)41-34)36-32(38)26-9-3-6-19-7-4-10-27(31(19)26)33(36)39/h1-14,16-17H,15,18H2. The van der Waals surface area contributed by atoms with Crippen LogP contribution in [0, 0.1) is 0 Å². The number of nitrogens with zero attached hydrogens (tertiary/aromatic N) is 2. The van der Waals surface area contributed by atoms with Gasteiger partial charge in [0.15, 0.2) is 10.1 Å². The monoisotopic (exact) mass is 568 g/mol. The number of hydrogen-bond donors (Lipinski definition) is 0. The molecule has 8 rings (SSSR count). The molecule has 0 N–H and O–H groups in total. The SMILES string of the molecule is O=C(CSc1nc2ccc(N3C(=O)c4cccc5cccc(c45)C3=O)cc2s1)c1ccc2c(c1)Cc1ccccc1-2. The van der Waals surface area contributed by atoms with Gasteiger partial charge in [0.2, 0.25) is 0 Å². The van der Waals surface area contributed by atoms with Crippen LogP contribution >= 0.6 is 23.1 Å². The van der Waals surface area contributed by atoms with Gasteiger partial charge in [-0.15, -0.1) is 11.3 Å². The first-order valence-corrected chi connectivity index (χ1v) is 15.0. The molecule has 196 valence electrons. The Morgan fingerprint density at radius 2 is 1.51 bits per heavy atom. The summed E-state index contributed by atoms with van der Waals surface area (Å²) in [5.41, 5.74) is 7.97. The van der Waals surface area contributed by atoms with Crippen LogP contribution in [0.1, 0.15) is 42.2 Å². The molecule has 1 aliphatic heterocycles. The molecule has 2 aliphatic rings. The summed E-state index contributed by atoms with van der Waals surface area (Å²) in [5, 5.41) is 1.58. The van der Waals surface area contributed by atoms with Gasteiger partial charge in [-0.25, -0.2) is 9.88 Å². The van der Waals surface area contributed by atoms with Gasteiger partial charge in [0.25, 0.3) is 11.8 Å². The maximum atomic E-state index is 13.5. The van der Waals surface area contributed by atoms with Gasteiger partial charge in [-0.2, -0.15) is 0 Å². The molecule has 0 bridgehead atoms. The highest BCUT2D eigenvalue weighted by Crippen LogP contribution is 2.38. The summed E-state index contributed by atoms with van der Waals surface area (Å²) in [5.74, 6) is -0.324. The molecular weight excluding hydrogens is 549 g/mol. The molecule has 6 aromatic rings. The molecule has 1 aromatic heterocycles. The number of carbonyl (C=O) groups excluding carboxylic acids is 3. The molecule has 5 aromatic carbocycles. The van der Waals surface area contributed by atoms with E-state index in [1.807, 2.05) is 54.6 Å². The lowest BCUT2D eigenvalue weighted by molar-refractivity contribution is 0.0892. The Balaban J connectivity index is 1.03. The first kappa shape index (κ1) is 24.2. The Bertz CT molecular complexity index is 2060. The van der Waals surface area contributed by atoms with Crippen LogP contribution in [0.15, 0.2) is 101 Å². The number of ketones is 1. The summed E-state index contributed by atoms with van der Waals surface area (Å²) < 4.78 is 1.62. The van der Waals surface area contributed by atoms with Crippen molar-refractivity contribution in [2.45, 2.75) is 10.8 Å². The zero-order chi connectivity index (χ0) is 27.7. The summed E-state index contributed by atoms with van der Waals surface area (Å²) in [6.07, 6.45) is 0.850. The number of benzene rings is 5. The van der Waals surface area contributed by atoms with Gasteiger partial charge in [-0.3, -0.25) is 14.4 Å². The van der Waals surface area contributed by atoms with Crippen LogP contribution in [0.2, 0.25) is 0 Å². The molecule has 0 fully saturated rings. The summed E-state index contributed by atoms with van der Waals surface area (Å²) in [6, 6.07) is 30.8. The van der Waals surface area contributed by atoms with Gasteiger partial charge in [-0.05, 0) is 70.5 Å². The Morgan fingerprint density at radius 3 is 2.32 bits per heavy atom. The van der Waals surface area contributed by atoms with Crippen LogP contribution in [0.4, 0.5) is 5.69 Å². The fraction of sp³-hybridized carbons (Fsp3) is 0.0588. The van der Waals surface area contributed by atoms with Crippen LogP contribution in [0.3, 0.4) is 0 Å². The van der Waals surface area contributed by atoms with E-state index in [0.29, 0.717) is 27.8 Å². The molecule has 7 heteroatoms. The van der Waals surface area contributed by atoms with Gasteiger partial charge < -0.3 is 0 Å². The zero-order valence-electron chi connectivity index (χ0n) is 21.6. The van der Waals surface area contributed by atoms with Crippen molar-refractivity contribution in [2.75, 3.05) is 10.7 Å². The molecule has 5 nitrogen and oxygen atoms in total. The minimum atomic E-state index is -0.333. The van der Waals surface area contributed by atoms with Gasteiger partial charge in [0, 0.05) is 22.1 Å². The predicted octanol–water partition coefficient (Wildman–Crippen LogP) is 7.80. The van der Waals surface area contributed by atoms with E-state index in [9.17, 15) is 14.4 Å². The molecule has 2 heterocycles. The number of Topliss-reactive ketones (excluding diaryl/α,β-unsaturated/α-hetero) is 1. The molecule has 1 aliphatic carbocycles. The fourth-order valence-corrected chi connectivity index (χ4v) is 7.88. The molecule has 0 saturated carbocycles. The zero-order valence-corrected chi connectivity index (χ0v) is 23.2. The Hall–Kier alpha value is -4.59.